The Balaban J connectivity index is 1.77. The zero-order valence-corrected chi connectivity index (χ0v) is 12.0. The Bertz CT molecular complexity index is 513. The van der Waals surface area contributed by atoms with Crippen LogP contribution >= 0.6 is 0 Å². The number of rotatable bonds is 1. The Morgan fingerprint density at radius 1 is 1.00 bits per heavy atom. The quantitative estimate of drug-likeness (QED) is 0.782. The van der Waals surface area contributed by atoms with Gasteiger partial charge in [0.15, 0.2) is 0 Å². The maximum atomic E-state index is 5.42. The molecule has 0 aromatic heterocycles. The molecule has 0 bridgehead atoms. The molecule has 106 valence electrons. The highest BCUT2D eigenvalue weighted by Crippen LogP contribution is 2.13. The maximum absolute atomic E-state index is 5.42. The smallest absolute Gasteiger partial charge is 0.105 e. The predicted octanol–water partition coefficient (Wildman–Crippen LogP) is 1.92. The van der Waals surface area contributed by atoms with E-state index < -0.39 is 0 Å². The van der Waals surface area contributed by atoms with Crippen LogP contribution in [0.5, 0.6) is 0 Å². The molecule has 20 heavy (non-hydrogen) atoms. The van der Waals surface area contributed by atoms with Crippen molar-refractivity contribution in [3.05, 3.63) is 35.4 Å². The van der Waals surface area contributed by atoms with Crippen LogP contribution in [0, 0.1) is 6.92 Å². The van der Waals surface area contributed by atoms with E-state index in [-0.39, 0.29) is 0 Å². The van der Waals surface area contributed by atoms with E-state index in [2.05, 4.69) is 36.1 Å². The van der Waals surface area contributed by atoms with Crippen LogP contribution in [-0.2, 0) is 4.74 Å². The van der Waals surface area contributed by atoms with Crippen molar-refractivity contribution in [2.24, 2.45) is 9.98 Å². The van der Waals surface area contributed by atoms with Gasteiger partial charge in [-0.2, -0.15) is 0 Å². The van der Waals surface area contributed by atoms with Gasteiger partial charge in [0.25, 0.3) is 0 Å². The highest BCUT2D eigenvalue weighted by Gasteiger charge is 2.19. The lowest BCUT2D eigenvalue weighted by Gasteiger charge is -2.29. The van der Waals surface area contributed by atoms with Crippen LogP contribution in [0.3, 0.4) is 0 Å². The second-order valence-electron chi connectivity index (χ2n) is 5.27. The molecule has 2 aliphatic rings. The van der Waals surface area contributed by atoms with Gasteiger partial charge in [-0.3, -0.25) is 9.98 Å². The molecule has 1 aromatic rings. The van der Waals surface area contributed by atoms with E-state index in [1.165, 1.54) is 17.0 Å². The summed E-state index contributed by atoms with van der Waals surface area (Å²) in [5.74, 6) is 1.17. The van der Waals surface area contributed by atoms with Crippen LogP contribution in [0.4, 0.5) is 0 Å². The predicted molar refractivity (Wildman–Crippen MR) is 81.9 cm³/mol. The van der Waals surface area contributed by atoms with E-state index in [4.69, 9.17) is 14.7 Å². The van der Waals surface area contributed by atoms with Crippen molar-refractivity contribution in [1.29, 1.82) is 0 Å². The third kappa shape index (κ3) is 3.07. The van der Waals surface area contributed by atoms with Gasteiger partial charge in [0.2, 0.25) is 0 Å². The summed E-state index contributed by atoms with van der Waals surface area (Å²) in [5.41, 5.74) is 3.66. The molecule has 0 aliphatic carbocycles. The molecule has 3 rings (SSSR count). The van der Waals surface area contributed by atoms with Crippen LogP contribution < -0.4 is 0 Å². The summed E-state index contributed by atoms with van der Waals surface area (Å²) in [4.78, 5) is 11.8. The molecule has 1 saturated heterocycles. The second-order valence-corrected chi connectivity index (χ2v) is 5.27. The largest absolute Gasteiger partial charge is 0.378 e. The average Bonchev–Trinajstić information content (AvgIpc) is 2.75. The fraction of sp³-hybridized carbons (Fsp3) is 0.500. The van der Waals surface area contributed by atoms with Gasteiger partial charge in [0, 0.05) is 25.2 Å². The van der Waals surface area contributed by atoms with E-state index in [1.807, 2.05) is 0 Å². The van der Waals surface area contributed by atoms with Crippen LogP contribution in [0.1, 0.15) is 17.5 Å². The van der Waals surface area contributed by atoms with E-state index in [0.29, 0.717) is 0 Å². The lowest BCUT2D eigenvalue weighted by atomic mass is 10.0. The van der Waals surface area contributed by atoms with Crippen LogP contribution in [0.2, 0.25) is 0 Å². The highest BCUT2D eigenvalue weighted by molar-refractivity contribution is 6.12. The van der Waals surface area contributed by atoms with Gasteiger partial charge in [-0.05, 0) is 12.5 Å². The number of aliphatic imine (C=N–C) groups is 2. The molecular formula is C16H21N3O. The first-order valence-corrected chi connectivity index (χ1v) is 7.29. The summed E-state index contributed by atoms with van der Waals surface area (Å²) in [6, 6.07) is 8.62. The van der Waals surface area contributed by atoms with Gasteiger partial charge in [-0.25, -0.2) is 0 Å². The number of benzene rings is 1. The van der Waals surface area contributed by atoms with Crippen molar-refractivity contribution < 1.29 is 4.74 Å². The first-order chi connectivity index (χ1) is 9.83. The van der Waals surface area contributed by atoms with E-state index >= 15 is 0 Å². The molecule has 0 atom stereocenters. The molecule has 0 radical (unpaired) electrons. The lowest BCUT2D eigenvalue weighted by molar-refractivity contribution is 0.0675. The number of amidine groups is 1. The minimum absolute atomic E-state index is 0.789. The first-order valence-electron chi connectivity index (χ1n) is 7.29. The maximum Gasteiger partial charge on any atom is 0.105 e. The first kappa shape index (κ1) is 13.3. The molecule has 2 heterocycles. The number of hydrogen-bond acceptors (Lipinski definition) is 4. The summed E-state index contributed by atoms with van der Waals surface area (Å²) >= 11 is 0. The molecule has 0 amide bonds. The highest BCUT2D eigenvalue weighted by atomic mass is 16.5. The number of hydrogen-bond donors (Lipinski definition) is 0. The molecule has 4 heteroatoms. The standard InChI is InChI=1S/C16H21N3O/c1-13-2-4-14(5-3-13)15-12-16(18-7-6-17-15)19-8-10-20-11-9-19/h2-5H,6-12H2,1H3. The van der Waals surface area contributed by atoms with E-state index in [0.717, 1.165) is 51.5 Å². The van der Waals surface area contributed by atoms with E-state index in [9.17, 15) is 0 Å². The molecule has 1 aromatic carbocycles. The van der Waals surface area contributed by atoms with Crippen molar-refractivity contribution in [3.8, 4) is 0 Å². The Hall–Kier alpha value is -1.68. The minimum atomic E-state index is 0.789. The fourth-order valence-electron chi connectivity index (χ4n) is 2.60. The third-order valence-electron chi connectivity index (χ3n) is 3.78. The molecule has 0 unspecified atom stereocenters. The zero-order chi connectivity index (χ0) is 13.8. The van der Waals surface area contributed by atoms with Gasteiger partial charge in [-0.1, -0.05) is 29.8 Å². The van der Waals surface area contributed by atoms with Gasteiger partial charge in [0.05, 0.1) is 26.3 Å². The molecule has 0 spiro atoms. The van der Waals surface area contributed by atoms with Crippen molar-refractivity contribution in [2.45, 2.75) is 13.3 Å². The molecule has 4 nitrogen and oxygen atoms in total. The summed E-state index contributed by atoms with van der Waals surface area (Å²) in [5, 5.41) is 0. The second kappa shape index (κ2) is 6.18. The van der Waals surface area contributed by atoms with Crippen molar-refractivity contribution in [3.63, 3.8) is 0 Å². The van der Waals surface area contributed by atoms with Crippen LogP contribution in [-0.4, -0.2) is 55.8 Å². The summed E-state index contributed by atoms with van der Waals surface area (Å²) in [6.07, 6.45) is 0.836. The number of morpholine rings is 1. The van der Waals surface area contributed by atoms with E-state index in [1.54, 1.807) is 0 Å². The lowest BCUT2D eigenvalue weighted by Crippen LogP contribution is -2.41. The van der Waals surface area contributed by atoms with Gasteiger partial charge >= 0.3 is 0 Å². The monoisotopic (exact) mass is 271 g/mol. The third-order valence-corrected chi connectivity index (χ3v) is 3.78. The minimum Gasteiger partial charge on any atom is -0.378 e. The molecule has 0 N–H and O–H groups in total. The Kier molecular flexibility index (Phi) is 4.11. The van der Waals surface area contributed by atoms with Crippen molar-refractivity contribution in [1.82, 2.24) is 4.90 Å². The van der Waals surface area contributed by atoms with Gasteiger partial charge in [-0.15, -0.1) is 0 Å². The van der Waals surface area contributed by atoms with Crippen molar-refractivity contribution in [2.75, 3.05) is 39.4 Å². The fourth-order valence-corrected chi connectivity index (χ4v) is 2.60. The Labute approximate surface area is 120 Å². The number of ether oxygens (including phenoxy) is 1. The molecule has 0 saturated carbocycles. The SMILES string of the molecule is Cc1ccc(C2=NCCN=C(N3CCOCC3)C2)cc1. The normalized spacial score (nSPS) is 20.1. The van der Waals surface area contributed by atoms with Gasteiger partial charge in [0.1, 0.15) is 5.84 Å². The topological polar surface area (TPSA) is 37.2 Å². The summed E-state index contributed by atoms with van der Waals surface area (Å²) < 4.78 is 5.42. The van der Waals surface area contributed by atoms with Crippen molar-refractivity contribution >= 4 is 11.5 Å². The van der Waals surface area contributed by atoms with Gasteiger partial charge < -0.3 is 9.64 Å². The number of nitrogens with zero attached hydrogens (tertiary/aromatic N) is 3. The molecule has 2 aliphatic heterocycles. The molecule has 1 fully saturated rings. The number of aryl methyl sites for hydroxylation is 1. The zero-order valence-electron chi connectivity index (χ0n) is 12.0. The summed E-state index contributed by atoms with van der Waals surface area (Å²) in [7, 11) is 0. The van der Waals surface area contributed by atoms with Crippen LogP contribution in [0.15, 0.2) is 34.3 Å². The Morgan fingerprint density at radius 2 is 1.70 bits per heavy atom. The summed E-state index contributed by atoms with van der Waals surface area (Å²) in [6.45, 7) is 7.19. The van der Waals surface area contributed by atoms with Crippen LogP contribution in [0.25, 0.3) is 0 Å². The Morgan fingerprint density at radius 3 is 2.45 bits per heavy atom. The molecular weight excluding hydrogens is 250 g/mol. The average molecular weight is 271 g/mol.